The van der Waals surface area contributed by atoms with Crippen LogP contribution in [0.5, 0.6) is 0 Å². The Morgan fingerprint density at radius 2 is 2.11 bits per heavy atom. The van der Waals surface area contributed by atoms with Crippen molar-refractivity contribution in [2.24, 2.45) is 7.05 Å². The van der Waals surface area contributed by atoms with Crippen molar-refractivity contribution in [3.63, 3.8) is 0 Å². The lowest BCUT2D eigenvalue weighted by atomic mass is 10.2. The van der Waals surface area contributed by atoms with E-state index in [1.165, 1.54) is 5.56 Å². The minimum Gasteiger partial charge on any atom is -0.381 e. The molecule has 2 aromatic rings. The predicted octanol–water partition coefficient (Wildman–Crippen LogP) is 4.06. The van der Waals surface area contributed by atoms with Crippen molar-refractivity contribution in [1.82, 2.24) is 9.78 Å². The van der Waals surface area contributed by atoms with Gasteiger partial charge in [0.05, 0.1) is 5.69 Å². The first-order valence-corrected chi connectivity index (χ1v) is 6.84. The van der Waals surface area contributed by atoms with Gasteiger partial charge in [0.1, 0.15) is 5.15 Å². The molecule has 0 saturated heterocycles. The zero-order valence-corrected chi connectivity index (χ0v) is 12.9. The quantitative estimate of drug-likeness (QED) is 0.920. The second kappa shape index (κ2) is 5.33. The second-order valence-electron chi connectivity index (χ2n) is 4.29. The molecule has 0 saturated carbocycles. The molecule has 1 N–H and O–H groups in total. The number of hydrogen-bond acceptors (Lipinski definition) is 2. The molecule has 0 radical (unpaired) electrons. The predicted molar refractivity (Wildman–Crippen MR) is 79.2 cm³/mol. The van der Waals surface area contributed by atoms with Crippen LogP contribution in [-0.2, 0) is 13.6 Å². The molecule has 0 amide bonds. The number of aromatic nitrogens is 2. The third-order valence-corrected chi connectivity index (χ3v) is 3.88. The Balaban J connectivity index is 2.16. The Morgan fingerprint density at radius 1 is 1.39 bits per heavy atom. The number of nitrogens with zero attached hydrogens (tertiary/aromatic N) is 2. The molecule has 96 valence electrons. The zero-order chi connectivity index (χ0) is 13.3. The smallest absolute Gasteiger partial charge is 0.131 e. The summed E-state index contributed by atoms with van der Waals surface area (Å²) in [7, 11) is 1.85. The lowest BCUT2D eigenvalue weighted by Gasteiger charge is -2.09. The van der Waals surface area contributed by atoms with E-state index < -0.39 is 0 Å². The maximum Gasteiger partial charge on any atom is 0.131 e. The van der Waals surface area contributed by atoms with Crippen LogP contribution in [0.25, 0.3) is 0 Å². The fourth-order valence-electron chi connectivity index (χ4n) is 1.88. The average molecular weight is 329 g/mol. The topological polar surface area (TPSA) is 29.9 Å². The Morgan fingerprint density at radius 3 is 2.67 bits per heavy atom. The lowest BCUT2D eigenvalue weighted by molar-refractivity contribution is 0.757. The zero-order valence-electron chi connectivity index (χ0n) is 10.6. The molecule has 1 aromatic heterocycles. The number of nitrogens with one attached hydrogen (secondary N) is 1. The monoisotopic (exact) mass is 327 g/mol. The van der Waals surface area contributed by atoms with Gasteiger partial charge in [0.2, 0.25) is 0 Å². The molecule has 0 unspecified atom stereocenters. The van der Waals surface area contributed by atoms with Gasteiger partial charge in [-0.25, -0.2) is 0 Å². The molecule has 3 nitrogen and oxygen atoms in total. The molecule has 2 rings (SSSR count). The second-order valence-corrected chi connectivity index (χ2v) is 5.56. The normalized spacial score (nSPS) is 10.7. The molecular formula is C13H15BrClN3. The summed E-state index contributed by atoms with van der Waals surface area (Å²) in [6.45, 7) is 4.73. The molecule has 5 heteroatoms. The van der Waals surface area contributed by atoms with Crippen LogP contribution in [0.3, 0.4) is 0 Å². The van der Waals surface area contributed by atoms with E-state index in [4.69, 9.17) is 11.6 Å². The SMILES string of the molecule is Cc1cc(Br)ccc1NCc1c(C)nn(C)c1Cl. The van der Waals surface area contributed by atoms with Crippen molar-refractivity contribution < 1.29 is 0 Å². The van der Waals surface area contributed by atoms with E-state index in [9.17, 15) is 0 Å². The third kappa shape index (κ3) is 2.70. The summed E-state index contributed by atoms with van der Waals surface area (Å²) in [5, 5.41) is 8.38. The van der Waals surface area contributed by atoms with Gasteiger partial charge in [-0.1, -0.05) is 27.5 Å². The van der Waals surface area contributed by atoms with Crippen LogP contribution in [0.1, 0.15) is 16.8 Å². The van der Waals surface area contributed by atoms with E-state index in [2.05, 4.69) is 45.4 Å². The van der Waals surface area contributed by atoms with Gasteiger partial charge >= 0.3 is 0 Å². The van der Waals surface area contributed by atoms with Gasteiger partial charge in [0.15, 0.2) is 0 Å². The number of hydrogen-bond donors (Lipinski definition) is 1. The number of halogens is 2. The molecule has 0 bridgehead atoms. The van der Waals surface area contributed by atoms with Crippen LogP contribution >= 0.6 is 27.5 Å². The maximum atomic E-state index is 6.20. The van der Waals surface area contributed by atoms with Crippen molar-refractivity contribution in [2.45, 2.75) is 20.4 Å². The van der Waals surface area contributed by atoms with Crippen molar-refractivity contribution in [3.05, 3.63) is 44.6 Å². The van der Waals surface area contributed by atoms with Gasteiger partial charge in [0.25, 0.3) is 0 Å². The molecule has 0 aliphatic heterocycles. The highest BCUT2D eigenvalue weighted by Gasteiger charge is 2.11. The standard InChI is InChI=1S/C13H15BrClN3/c1-8-6-10(14)4-5-12(8)16-7-11-9(2)17-18(3)13(11)15/h4-6,16H,7H2,1-3H3. The van der Waals surface area contributed by atoms with Crippen molar-refractivity contribution in [2.75, 3.05) is 5.32 Å². The highest BCUT2D eigenvalue weighted by Crippen LogP contribution is 2.23. The Bertz CT molecular complexity index is 578. The fraction of sp³-hybridized carbons (Fsp3) is 0.308. The summed E-state index contributed by atoms with van der Waals surface area (Å²) < 4.78 is 2.78. The van der Waals surface area contributed by atoms with Gasteiger partial charge < -0.3 is 5.32 Å². The van der Waals surface area contributed by atoms with Gasteiger partial charge in [-0.2, -0.15) is 5.10 Å². The van der Waals surface area contributed by atoms with E-state index in [0.29, 0.717) is 11.7 Å². The van der Waals surface area contributed by atoms with E-state index in [1.54, 1.807) is 4.68 Å². The average Bonchev–Trinajstić information content (AvgIpc) is 2.53. The lowest BCUT2D eigenvalue weighted by Crippen LogP contribution is -2.02. The van der Waals surface area contributed by atoms with Gasteiger partial charge in [-0.05, 0) is 37.6 Å². The summed E-state index contributed by atoms with van der Waals surface area (Å²) in [6, 6.07) is 6.16. The highest BCUT2D eigenvalue weighted by molar-refractivity contribution is 9.10. The highest BCUT2D eigenvalue weighted by atomic mass is 79.9. The third-order valence-electron chi connectivity index (χ3n) is 2.91. The molecule has 0 aliphatic rings. The number of aryl methyl sites for hydroxylation is 3. The Hall–Kier alpha value is -1.00. The van der Waals surface area contributed by atoms with Gasteiger partial charge in [-0.3, -0.25) is 4.68 Å². The van der Waals surface area contributed by atoms with E-state index in [1.807, 2.05) is 20.0 Å². The molecule has 1 aromatic carbocycles. The van der Waals surface area contributed by atoms with Crippen LogP contribution in [0.15, 0.2) is 22.7 Å². The molecule has 0 fully saturated rings. The number of anilines is 1. The molecule has 0 atom stereocenters. The molecule has 1 heterocycles. The minimum absolute atomic E-state index is 0.682. The molecular weight excluding hydrogens is 314 g/mol. The van der Waals surface area contributed by atoms with E-state index in [-0.39, 0.29) is 0 Å². The molecule has 0 aliphatic carbocycles. The van der Waals surface area contributed by atoms with Crippen LogP contribution in [0.2, 0.25) is 5.15 Å². The van der Waals surface area contributed by atoms with E-state index in [0.717, 1.165) is 21.4 Å². The van der Waals surface area contributed by atoms with Gasteiger partial charge in [0, 0.05) is 29.3 Å². The molecule has 0 spiro atoms. The summed E-state index contributed by atoms with van der Waals surface area (Å²) in [5.41, 5.74) is 4.31. The first kappa shape index (κ1) is 13.4. The Labute approximate surface area is 120 Å². The summed E-state index contributed by atoms with van der Waals surface area (Å²) in [6.07, 6.45) is 0. The summed E-state index contributed by atoms with van der Waals surface area (Å²) in [4.78, 5) is 0. The van der Waals surface area contributed by atoms with Crippen molar-refractivity contribution in [3.8, 4) is 0 Å². The summed E-state index contributed by atoms with van der Waals surface area (Å²) >= 11 is 9.65. The first-order valence-electron chi connectivity index (χ1n) is 5.67. The van der Waals surface area contributed by atoms with E-state index >= 15 is 0 Å². The van der Waals surface area contributed by atoms with Crippen LogP contribution in [0, 0.1) is 13.8 Å². The Kier molecular flexibility index (Phi) is 3.97. The largest absolute Gasteiger partial charge is 0.381 e. The first-order chi connectivity index (χ1) is 8.49. The fourth-order valence-corrected chi connectivity index (χ4v) is 2.60. The van der Waals surface area contributed by atoms with Crippen LogP contribution < -0.4 is 5.32 Å². The summed E-state index contributed by atoms with van der Waals surface area (Å²) in [5.74, 6) is 0. The molecule has 18 heavy (non-hydrogen) atoms. The van der Waals surface area contributed by atoms with Crippen molar-refractivity contribution >= 4 is 33.2 Å². The number of rotatable bonds is 3. The van der Waals surface area contributed by atoms with Gasteiger partial charge in [-0.15, -0.1) is 0 Å². The van der Waals surface area contributed by atoms with Crippen LogP contribution in [0.4, 0.5) is 5.69 Å². The maximum absolute atomic E-state index is 6.20. The number of benzene rings is 1. The van der Waals surface area contributed by atoms with Crippen LogP contribution in [-0.4, -0.2) is 9.78 Å². The minimum atomic E-state index is 0.682. The van der Waals surface area contributed by atoms with Crippen molar-refractivity contribution in [1.29, 1.82) is 0 Å².